The minimum Gasteiger partial charge on any atom is -0.466 e. The van der Waals surface area contributed by atoms with Crippen LogP contribution in [0.25, 0.3) is 0 Å². The van der Waals surface area contributed by atoms with Gasteiger partial charge in [0, 0.05) is 24.3 Å². The minimum atomic E-state index is -0.685. The molecule has 1 unspecified atom stereocenters. The Morgan fingerprint density at radius 3 is 2.87 bits per heavy atom. The molecule has 1 aromatic carbocycles. The van der Waals surface area contributed by atoms with Gasteiger partial charge in [-0.1, -0.05) is 6.07 Å². The van der Waals surface area contributed by atoms with Crippen molar-refractivity contribution in [2.75, 3.05) is 25.0 Å². The topological polar surface area (TPSA) is 102 Å². The largest absolute Gasteiger partial charge is 0.466 e. The van der Waals surface area contributed by atoms with Gasteiger partial charge in [-0.15, -0.1) is 0 Å². The first-order valence-corrected chi connectivity index (χ1v) is 7.63. The number of primary amides is 1. The zero-order valence-corrected chi connectivity index (χ0v) is 13.1. The van der Waals surface area contributed by atoms with E-state index < -0.39 is 6.03 Å². The van der Waals surface area contributed by atoms with E-state index in [4.69, 9.17) is 10.5 Å². The van der Waals surface area contributed by atoms with Crippen molar-refractivity contribution in [3.8, 4) is 0 Å². The van der Waals surface area contributed by atoms with Gasteiger partial charge in [-0.05, 0) is 38.0 Å². The van der Waals surface area contributed by atoms with Crippen molar-refractivity contribution in [1.82, 2.24) is 4.90 Å². The summed E-state index contributed by atoms with van der Waals surface area (Å²) in [4.78, 5) is 37.0. The molecule has 0 bridgehead atoms. The average Bonchev–Trinajstić information content (AvgIpc) is 2.54. The van der Waals surface area contributed by atoms with Crippen molar-refractivity contribution in [3.63, 3.8) is 0 Å². The van der Waals surface area contributed by atoms with Gasteiger partial charge in [0.25, 0.3) is 5.91 Å². The molecular formula is C16H21N3O4. The van der Waals surface area contributed by atoms with Crippen molar-refractivity contribution in [2.24, 2.45) is 11.7 Å². The van der Waals surface area contributed by atoms with Crippen LogP contribution in [0.5, 0.6) is 0 Å². The second-order valence-electron chi connectivity index (χ2n) is 5.41. The maximum atomic E-state index is 12.6. The summed E-state index contributed by atoms with van der Waals surface area (Å²) < 4.78 is 5.04. The van der Waals surface area contributed by atoms with Crippen LogP contribution in [0.2, 0.25) is 0 Å². The van der Waals surface area contributed by atoms with Crippen LogP contribution in [0, 0.1) is 5.92 Å². The number of piperidine rings is 1. The molecule has 7 heteroatoms. The van der Waals surface area contributed by atoms with E-state index in [1.54, 1.807) is 36.1 Å². The summed E-state index contributed by atoms with van der Waals surface area (Å²) in [6.45, 7) is 3.05. The van der Waals surface area contributed by atoms with Crippen molar-refractivity contribution < 1.29 is 19.1 Å². The molecule has 0 aliphatic carbocycles. The maximum absolute atomic E-state index is 12.6. The number of nitrogens with zero attached hydrogens (tertiary/aromatic N) is 1. The first kappa shape index (κ1) is 16.8. The third-order valence-electron chi connectivity index (χ3n) is 3.71. The molecule has 1 atom stereocenters. The predicted molar refractivity (Wildman–Crippen MR) is 84.9 cm³/mol. The second-order valence-corrected chi connectivity index (χ2v) is 5.41. The van der Waals surface area contributed by atoms with Gasteiger partial charge >= 0.3 is 12.0 Å². The highest BCUT2D eigenvalue weighted by Gasteiger charge is 2.29. The van der Waals surface area contributed by atoms with Crippen LogP contribution in [-0.4, -0.2) is 42.5 Å². The molecule has 1 saturated heterocycles. The number of anilines is 1. The molecule has 7 nitrogen and oxygen atoms in total. The molecule has 0 radical (unpaired) electrons. The van der Waals surface area contributed by atoms with Crippen molar-refractivity contribution in [3.05, 3.63) is 29.8 Å². The van der Waals surface area contributed by atoms with Crippen molar-refractivity contribution in [1.29, 1.82) is 0 Å². The third-order valence-corrected chi connectivity index (χ3v) is 3.71. The lowest BCUT2D eigenvalue weighted by atomic mass is 9.97. The number of nitrogens with two attached hydrogens (primary N) is 1. The normalized spacial score (nSPS) is 17.4. The van der Waals surface area contributed by atoms with Crippen LogP contribution in [-0.2, 0) is 9.53 Å². The van der Waals surface area contributed by atoms with Crippen LogP contribution < -0.4 is 11.1 Å². The summed E-state index contributed by atoms with van der Waals surface area (Å²) in [5, 5.41) is 2.44. The number of carbonyl (C=O) groups excluding carboxylic acids is 3. The van der Waals surface area contributed by atoms with Gasteiger partial charge in [0.2, 0.25) is 0 Å². The fourth-order valence-electron chi connectivity index (χ4n) is 2.67. The molecular weight excluding hydrogens is 298 g/mol. The van der Waals surface area contributed by atoms with Gasteiger partial charge in [0.15, 0.2) is 0 Å². The molecule has 3 amide bonds. The van der Waals surface area contributed by atoms with E-state index in [1.165, 1.54) is 0 Å². The summed E-state index contributed by atoms with van der Waals surface area (Å²) in [5.41, 5.74) is 5.98. The Morgan fingerprint density at radius 2 is 2.17 bits per heavy atom. The molecule has 3 N–H and O–H groups in total. The SMILES string of the molecule is CCOC(=O)C1CCCN(C(=O)c2cccc(NC(N)=O)c2)C1. The molecule has 0 saturated carbocycles. The summed E-state index contributed by atoms with van der Waals surface area (Å²) >= 11 is 0. The lowest BCUT2D eigenvalue weighted by molar-refractivity contribution is -0.149. The summed E-state index contributed by atoms with van der Waals surface area (Å²) in [7, 11) is 0. The fraction of sp³-hybridized carbons (Fsp3) is 0.438. The molecule has 1 heterocycles. The zero-order valence-electron chi connectivity index (χ0n) is 13.1. The Labute approximate surface area is 134 Å². The zero-order chi connectivity index (χ0) is 16.8. The molecule has 1 aliphatic heterocycles. The van der Waals surface area contributed by atoms with E-state index in [2.05, 4.69) is 5.32 Å². The summed E-state index contributed by atoms with van der Waals surface area (Å²) in [6, 6.07) is 5.88. The van der Waals surface area contributed by atoms with E-state index in [1.807, 2.05) is 0 Å². The van der Waals surface area contributed by atoms with Crippen LogP contribution in [0.4, 0.5) is 10.5 Å². The molecule has 1 aromatic rings. The van der Waals surface area contributed by atoms with Gasteiger partial charge in [-0.3, -0.25) is 9.59 Å². The standard InChI is InChI=1S/C16H21N3O4/c1-2-23-15(21)12-6-4-8-19(10-12)14(20)11-5-3-7-13(9-11)18-16(17)22/h3,5,7,9,12H,2,4,6,8,10H2,1H3,(H3,17,18,22). The van der Waals surface area contributed by atoms with E-state index in [0.29, 0.717) is 30.9 Å². The highest BCUT2D eigenvalue weighted by atomic mass is 16.5. The molecule has 0 spiro atoms. The Morgan fingerprint density at radius 1 is 1.39 bits per heavy atom. The Bertz CT molecular complexity index is 603. The molecule has 0 aromatic heterocycles. The Kier molecular flexibility index (Phi) is 5.56. The molecule has 2 rings (SSSR count). The van der Waals surface area contributed by atoms with Gasteiger partial charge in [-0.25, -0.2) is 4.79 Å². The second kappa shape index (κ2) is 7.62. The van der Waals surface area contributed by atoms with Gasteiger partial charge < -0.3 is 20.7 Å². The Balaban J connectivity index is 2.07. The lowest BCUT2D eigenvalue weighted by Crippen LogP contribution is -2.42. The molecule has 124 valence electrons. The smallest absolute Gasteiger partial charge is 0.316 e. The van der Waals surface area contributed by atoms with Crippen LogP contribution in [0.3, 0.4) is 0 Å². The van der Waals surface area contributed by atoms with E-state index in [9.17, 15) is 14.4 Å². The van der Waals surface area contributed by atoms with Crippen molar-refractivity contribution in [2.45, 2.75) is 19.8 Å². The number of benzene rings is 1. The fourth-order valence-corrected chi connectivity index (χ4v) is 2.67. The third kappa shape index (κ3) is 4.45. The minimum absolute atomic E-state index is 0.174. The average molecular weight is 319 g/mol. The predicted octanol–water partition coefficient (Wildman–Crippen LogP) is 1.59. The number of carbonyl (C=O) groups is 3. The number of hydrogen-bond donors (Lipinski definition) is 2. The van der Waals surface area contributed by atoms with E-state index in [-0.39, 0.29) is 17.8 Å². The Hall–Kier alpha value is -2.57. The van der Waals surface area contributed by atoms with E-state index >= 15 is 0 Å². The van der Waals surface area contributed by atoms with Gasteiger partial charge in [0.1, 0.15) is 0 Å². The first-order chi connectivity index (χ1) is 11.0. The number of urea groups is 1. The highest BCUT2D eigenvalue weighted by molar-refractivity contribution is 5.97. The van der Waals surface area contributed by atoms with E-state index in [0.717, 1.165) is 12.8 Å². The number of esters is 1. The quantitative estimate of drug-likeness (QED) is 0.823. The van der Waals surface area contributed by atoms with Crippen molar-refractivity contribution >= 4 is 23.6 Å². The van der Waals surface area contributed by atoms with Crippen LogP contribution in [0.1, 0.15) is 30.1 Å². The lowest BCUT2D eigenvalue weighted by Gasteiger charge is -2.31. The summed E-state index contributed by atoms with van der Waals surface area (Å²) in [6.07, 6.45) is 1.49. The molecule has 1 fully saturated rings. The summed E-state index contributed by atoms with van der Waals surface area (Å²) in [5.74, 6) is -0.708. The van der Waals surface area contributed by atoms with Gasteiger partial charge in [-0.2, -0.15) is 0 Å². The number of hydrogen-bond acceptors (Lipinski definition) is 4. The molecule has 1 aliphatic rings. The monoisotopic (exact) mass is 319 g/mol. The maximum Gasteiger partial charge on any atom is 0.316 e. The first-order valence-electron chi connectivity index (χ1n) is 7.63. The van der Waals surface area contributed by atoms with Crippen LogP contribution in [0.15, 0.2) is 24.3 Å². The number of rotatable bonds is 4. The molecule has 23 heavy (non-hydrogen) atoms. The van der Waals surface area contributed by atoms with Gasteiger partial charge in [0.05, 0.1) is 12.5 Å². The van der Waals surface area contributed by atoms with Crippen LogP contribution >= 0.6 is 0 Å². The number of amides is 3. The number of likely N-dealkylation sites (tertiary alicyclic amines) is 1. The highest BCUT2D eigenvalue weighted by Crippen LogP contribution is 2.21. The number of ether oxygens (including phenoxy) is 1. The number of nitrogens with one attached hydrogen (secondary N) is 1.